The normalized spacial score (nSPS) is 24.2. The number of rotatable bonds is 7. The zero-order chi connectivity index (χ0) is 16.8. The van der Waals surface area contributed by atoms with Crippen LogP contribution < -0.4 is 4.74 Å². The van der Waals surface area contributed by atoms with Crippen LogP contribution in [0.25, 0.3) is 0 Å². The lowest BCUT2D eigenvalue weighted by molar-refractivity contribution is 0.232. The van der Waals surface area contributed by atoms with Crippen molar-refractivity contribution in [2.45, 2.75) is 69.2 Å². The van der Waals surface area contributed by atoms with Gasteiger partial charge in [-0.05, 0) is 69.7 Å². The lowest BCUT2D eigenvalue weighted by atomic mass is 9.85. The molecule has 1 saturated heterocycles. The first-order chi connectivity index (χ1) is 11.7. The Balaban J connectivity index is 1.52. The summed E-state index contributed by atoms with van der Waals surface area (Å²) in [6.07, 6.45) is 11.4. The molecule has 2 nitrogen and oxygen atoms in total. The van der Waals surface area contributed by atoms with Crippen LogP contribution in [0.2, 0.25) is 0 Å². The zero-order valence-corrected chi connectivity index (χ0v) is 15.8. The maximum Gasteiger partial charge on any atom is 0.122 e. The van der Waals surface area contributed by atoms with Crippen molar-refractivity contribution in [2.75, 3.05) is 20.2 Å². The number of ether oxygens (including phenoxy) is 1. The summed E-state index contributed by atoms with van der Waals surface area (Å²) in [4.78, 5) is 2.47. The highest BCUT2D eigenvalue weighted by molar-refractivity contribution is 6.20. The smallest absolute Gasteiger partial charge is 0.122 e. The van der Waals surface area contributed by atoms with Gasteiger partial charge in [0.1, 0.15) is 5.75 Å². The van der Waals surface area contributed by atoms with Gasteiger partial charge in [0, 0.05) is 11.4 Å². The Morgan fingerprint density at radius 2 is 1.92 bits per heavy atom. The first-order valence-electron chi connectivity index (χ1n) is 9.79. The molecule has 24 heavy (non-hydrogen) atoms. The molecule has 3 rings (SSSR count). The Bertz CT molecular complexity index is 500. The number of halogens is 1. The Labute approximate surface area is 152 Å². The number of hydrogen-bond acceptors (Lipinski definition) is 2. The van der Waals surface area contributed by atoms with Crippen LogP contribution in [0.5, 0.6) is 5.75 Å². The average Bonchev–Trinajstić information content (AvgIpc) is 3.02. The van der Waals surface area contributed by atoms with Gasteiger partial charge in [0.15, 0.2) is 0 Å². The van der Waals surface area contributed by atoms with Gasteiger partial charge in [0.2, 0.25) is 0 Å². The lowest BCUT2D eigenvalue weighted by Gasteiger charge is -2.26. The summed E-state index contributed by atoms with van der Waals surface area (Å²) in [6.45, 7) is 2.04. The van der Waals surface area contributed by atoms with Crippen LogP contribution in [0.1, 0.15) is 56.9 Å². The van der Waals surface area contributed by atoms with Gasteiger partial charge in [-0.15, -0.1) is 11.6 Å². The van der Waals surface area contributed by atoms with Crippen LogP contribution in [0.3, 0.4) is 0 Å². The average molecular weight is 350 g/mol. The van der Waals surface area contributed by atoms with Crippen molar-refractivity contribution >= 4 is 11.6 Å². The number of nitrogens with zero attached hydrogens (tertiary/aromatic N) is 1. The summed E-state index contributed by atoms with van der Waals surface area (Å²) in [7, 11) is 2.23. The minimum Gasteiger partial charge on any atom is -0.493 e. The molecule has 0 N–H and O–H groups in total. The molecule has 1 aliphatic heterocycles. The van der Waals surface area contributed by atoms with Crippen LogP contribution in [0, 0.1) is 5.92 Å². The summed E-state index contributed by atoms with van der Waals surface area (Å²) in [5, 5.41) is 0.246. The van der Waals surface area contributed by atoms with Crippen molar-refractivity contribution in [3.8, 4) is 5.75 Å². The molecule has 0 aromatic heterocycles. The SMILES string of the molecule is CN1CCCC1CCOc1ccccc1CC(Cl)C1CCCCC1. The number of para-hydroxylation sites is 1. The van der Waals surface area contributed by atoms with Crippen molar-refractivity contribution in [3.05, 3.63) is 29.8 Å². The molecule has 1 aromatic carbocycles. The van der Waals surface area contributed by atoms with Gasteiger partial charge in [-0.1, -0.05) is 37.5 Å². The first-order valence-corrected chi connectivity index (χ1v) is 10.2. The summed E-state index contributed by atoms with van der Waals surface area (Å²) in [6, 6.07) is 9.18. The predicted octanol–water partition coefficient (Wildman–Crippen LogP) is 5.28. The minimum atomic E-state index is 0.246. The van der Waals surface area contributed by atoms with Gasteiger partial charge >= 0.3 is 0 Å². The molecule has 1 aliphatic carbocycles. The van der Waals surface area contributed by atoms with E-state index < -0.39 is 0 Å². The van der Waals surface area contributed by atoms with Crippen LogP contribution in [0.15, 0.2) is 24.3 Å². The van der Waals surface area contributed by atoms with E-state index in [4.69, 9.17) is 16.3 Å². The highest BCUT2D eigenvalue weighted by atomic mass is 35.5. The van der Waals surface area contributed by atoms with E-state index in [-0.39, 0.29) is 5.38 Å². The topological polar surface area (TPSA) is 12.5 Å². The molecule has 2 unspecified atom stereocenters. The lowest BCUT2D eigenvalue weighted by Crippen LogP contribution is -2.26. The van der Waals surface area contributed by atoms with Gasteiger partial charge in [0.05, 0.1) is 6.61 Å². The summed E-state index contributed by atoms with van der Waals surface area (Å²) < 4.78 is 6.15. The van der Waals surface area contributed by atoms with E-state index in [1.54, 1.807) is 0 Å². The second kappa shape index (κ2) is 9.10. The molecule has 2 atom stereocenters. The molecule has 1 heterocycles. The fourth-order valence-corrected chi connectivity index (χ4v) is 4.75. The van der Waals surface area contributed by atoms with Crippen LogP contribution in [0.4, 0.5) is 0 Å². The third-order valence-electron chi connectivity index (χ3n) is 5.93. The molecule has 0 amide bonds. The maximum atomic E-state index is 6.76. The van der Waals surface area contributed by atoms with Crippen molar-refractivity contribution in [2.24, 2.45) is 5.92 Å². The van der Waals surface area contributed by atoms with Crippen LogP contribution in [-0.4, -0.2) is 36.5 Å². The second-order valence-electron chi connectivity index (χ2n) is 7.64. The highest BCUT2D eigenvalue weighted by Crippen LogP contribution is 2.32. The van der Waals surface area contributed by atoms with Gasteiger partial charge in [-0.3, -0.25) is 0 Å². The molecular weight excluding hydrogens is 318 g/mol. The Kier molecular flexibility index (Phi) is 6.85. The summed E-state index contributed by atoms with van der Waals surface area (Å²) in [5.41, 5.74) is 1.28. The van der Waals surface area contributed by atoms with Gasteiger partial charge in [-0.2, -0.15) is 0 Å². The summed E-state index contributed by atoms with van der Waals surface area (Å²) in [5.74, 6) is 1.72. The molecular formula is C21H32ClNO. The predicted molar refractivity (Wildman–Crippen MR) is 102 cm³/mol. The molecule has 2 aliphatic rings. The van der Waals surface area contributed by atoms with Gasteiger partial charge in [0.25, 0.3) is 0 Å². The molecule has 134 valence electrons. The van der Waals surface area contributed by atoms with E-state index in [1.807, 2.05) is 0 Å². The summed E-state index contributed by atoms with van der Waals surface area (Å²) >= 11 is 6.76. The molecule has 2 fully saturated rings. The third kappa shape index (κ3) is 4.89. The molecule has 1 aromatic rings. The van der Waals surface area contributed by atoms with Crippen molar-refractivity contribution in [3.63, 3.8) is 0 Å². The van der Waals surface area contributed by atoms with Crippen molar-refractivity contribution < 1.29 is 4.74 Å². The molecule has 3 heteroatoms. The third-order valence-corrected chi connectivity index (χ3v) is 6.44. The van der Waals surface area contributed by atoms with Gasteiger partial charge < -0.3 is 9.64 Å². The fraction of sp³-hybridized carbons (Fsp3) is 0.714. The van der Waals surface area contributed by atoms with E-state index >= 15 is 0 Å². The highest BCUT2D eigenvalue weighted by Gasteiger charge is 2.23. The Hall–Kier alpha value is -0.730. The molecule has 0 spiro atoms. The molecule has 0 bridgehead atoms. The quantitative estimate of drug-likeness (QED) is 0.621. The Morgan fingerprint density at radius 1 is 1.12 bits per heavy atom. The van der Waals surface area contributed by atoms with E-state index in [0.29, 0.717) is 12.0 Å². The van der Waals surface area contributed by atoms with E-state index in [9.17, 15) is 0 Å². The van der Waals surface area contributed by atoms with Crippen molar-refractivity contribution in [1.29, 1.82) is 0 Å². The number of likely N-dealkylation sites (tertiary alicyclic amines) is 1. The molecule has 1 saturated carbocycles. The fourth-order valence-electron chi connectivity index (χ4n) is 4.33. The number of alkyl halides is 1. The standard InChI is InChI=1S/C21H32ClNO/c1-23-14-7-11-19(23)13-15-24-21-12-6-5-10-18(21)16-20(22)17-8-3-2-4-9-17/h5-6,10,12,17,19-20H,2-4,7-9,11,13-16H2,1H3. The number of hydrogen-bond donors (Lipinski definition) is 0. The largest absolute Gasteiger partial charge is 0.493 e. The van der Waals surface area contributed by atoms with E-state index in [2.05, 4.69) is 36.2 Å². The maximum absolute atomic E-state index is 6.76. The van der Waals surface area contributed by atoms with Crippen LogP contribution in [-0.2, 0) is 6.42 Å². The Morgan fingerprint density at radius 3 is 2.67 bits per heavy atom. The second-order valence-corrected chi connectivity index (χ2v) is 8.20. The zero-order valence-electron chi connectivity index (χ0n) is 15.1. The van der Waals surface area contributed by atoms with Crippen molar-refractivity contribution in [1.82, 2.24) is 4.90 Å². The molecule has 0 radical (unpaired) electrons. The van der Waals surface area contributed by atoms with Gasteiger partial charge in [-0.25, -0.2) is 0 Å². The number of benzene rings is 1. The van der Waals surface area contributed by atoms with E-state index in [1.165, 1.54) is 57.1 Å². The minimum absolute atomic E-state index is 0.246. The first kappa shape index (κ1) is 18.1. The van der Waals surface area contributed by atoms with Crippen LogP contribution >= 0.6 is 11.6 Å². The monoisotopic (exact) mass is 349 g/mol. The van der Waals surface area contributed by atoms with E-state index in [0.717, 1.165) is 25.2 Å².